The third kappa shape index (κ3) is 5.04. The standard InChI is InChI=1S/C28H28N2O5/c1-18(2)17-35-21-10-6-9-20(14-21)25-24(26(31)22-11-4-5-12-23(22)34-3)27(32)28(33)30(25)16-19-8-7-13-29-15-19/h4-15,18,25,31H,16-17H2,1-3H3/b26-24-. The second-order valence-corrected chi connectivity index (χ2v) is 8.77. The van der Waals surface area contributed by atoms with E-state index in [-0.39, 0.29) is 17.9 Å². The SMILES string of the molecule is COc1ccccc1/C(O)=C1/C(=O)C(=O)N(Cc2cccnc2)C1c1cccc(OCC(C)C)c1. The smallest absolute Gasteiger partial charge is 0.295 e. The molecule has 0 aliphatic carbocycles. The number of Topliss-reactive ketones (excluding diaryl/α,β-unsaturated/α-hetero) is 1. The lowest BCUT2D eigenvalue weighted by molar-refractivity contribution is -0.140. The summed E-state index contributed by atoms with van der Waals surface area (Å²) in [4.78, 5) is 32.1. The molecule has 7 nitrogen and oxygen atoms in total. The number of pyridine rings is 1. The highest BCUT2D eigenvalue weighted by Crippen LogP contribution is 2.42. The Morgan fingerprint density at radius 1 is 1.09 bits per heavy atom. The highest BCUT2D eigenvalue weighted by atomic mass is 16.5. The lowest BCUT2D eigenvalue weighted by Gasteiger charge is -2.26. The number of amides is 1. The highest BCUT2D eigenvalue weighted by molar-refractivity contribution is 6.46. The van der Waals surface area contributed by atoms with Crippen LogP contribution in [0.2, 0.25) is 0 Å². The molecule has 1 N–H and O–H groups in total. The van der Waals surface area contributed by atoms with E-state index in [2.05, 4.69) is 18.8 Å². The molecule has 1 aromatic heterocycles. The minimum Gasteiger partial charge on any atom is -0.507 e. The van der Waals surface area contributed by atoms with E-state index in [9.17, 15) is 14.7 Å². The Hall–Kier alpha value is -4.13. The Labute approximate surface area is 204 Å². The molecule has 1 atom stereocenters. The van der Waals surface area contributed by atoms with Crippen LogP contribution >= 0.6 is 0 Å². The largest absolute Gasteiger partial charge is 0.507 e. The van der Waals surface area contributed by atoms with Crippen LogP contribution in [0.15, 0.2) is 78.6 Å². The van der Waals surface area contributed by atoms with E-state index >= 15 is 0 Å². The van der Waals surface area contributed by atoms with Gasteiger partial charge in [0.05, 0.1) is 30.9 Å². The van der Waals surface area contributed by atoms with Gasteiger partial charge in [-0.15, -0.1) is 0 Å². The van der Waals surface area contributed by atoms with Crippen molar-refractivity contribution in [1.82, 2.24) is 9.88 Å². The molecule has 2 heterocycles. The first kappa shape index (κ1) is 24.0. The summed E-state index contributed by atoms with van der Waals surface area (Å²) in [5.74, 6) is -0.371. The molecule has 1 aliphatic rings. The van der Waals surface area contributed by atoms with Crippen molar-refractivity contribution in [3.63, 3.8) is 0 Å². The average Bonchev–Trinajstić information content (AvgIpc) is 3.12. The quantitative estimate of drug-likeness (QED) is 0.289. The molecule has 1 amide bonds. The van der Waals surface area contributed by atoms with Gasteiger partial charge in [-0.25, -0.2) is 0 Å². The molecular weight excluding hydrogens is 444 g/mol. The van der Waals surface area contributed by atoms with Crippen LogP contribution in [0.4, 0.5) is 0 Å². The number of rotatable bonds is 8. The molecule has 1 saturated heterocycles. The normalized spacial score (nSPS) is 17.1. The van der Waals surface area contributed by atoms with Gasteiger partial charge in [-0.1, -0.05) is 44.2 Å². The van der Waals surface area contributed by atoms with E-state index in [4.69, 9.17) is 9.47 Å². The molecule has 1 unspecified atom stereocenters. The number of carbonyl (C=O) groups is 2. The zero-order valence-electron chi connectivity index (χ0n) is 20.0. The number of hydrogen-bond donors (Lipinski definition) is 1. The first-order valence-electron chi connectivity index (χ1n) is 11.4. The molecule has 3 aromatic rings. The molecule has 35 heavy (non-hydrogen) atoms. The van der Waals surface area contributed by atoms with Gasteiger partial charge in [-0.3, -0.25) is 14.6 Å². The van der Waals surface area contributed by atoms with Gasteiger partial charge in [-0.05, 0) is 47.4 Å². The van der Waals surface area contributed by atoms with Gasteiger partial charge in [0.1, 0.15) is 17.3 Å². The first-order valence-corrected chi connectivity index (χ1v) is 11.4. The number of carbonyl (C=O) groups excluding carboxylic acids is 2. The van der Waals surface area contributed by atoms with Crippen LogP contribution in [0.1, 0.15) is 36.6 Å². The van der Waals surface area contributed by atoms with Crippen molar-refractivity contribution in [2.24, 2.45) is 5.92 Å². The number of nitrogens with zero attached hydrogens (tertiary/aromatic N) is 2. The van der Waals surface area contributed by atoms with Crippen LogP contribution in [0.5, 0.6) is 11.5 Å². The zero-order chi connectivity index (χ0) is 24.9. The second-order valence-electron chi connectivity index (χ2n) is 8.77. The van der Waals surface area contributed by atoms with E-state index in [1.54, 1.807) is 42.7 Å². The fourth-order valence-electron chi connectivity index (χ4n) is 4.10. The number of methoxy groups -OCH3 is 1. The number of ketones is 1. The topological polar surface area (TPSA) is 89.0 Å². The van der Waals surface area contributed by atoms with Crippen molar-refractivity contribution >= 4 is 17.4 Å². The van der Waals surface area contributed by atoms with Gasteiger partial charge in [-0.2, -0.15) is 0 Å². The summed E-state index contributed by atoms with van der Waals surface area (Å²) in [7, 11) is 1.49. The van der Waals surface area contributed by atoms with Crippen LogP contribution in [-0.2, 0) is 16.1 Å². The average molecular weight is 473 g/mol. The molecular formula is C28H28N2O5. The maximum absolute atomic E-state index is 13.3. The Morgan fingerprint density at radius 3 is 2.60 bits per heavy atom. The molecule has 0 radical (unpaired) electrons. The van der Waals surface area contributed by atoms with E-state index in [1.165, 1.54) is 12.0 Å². The van der Waals surface area contributed by atoms with Crippen molar-refractivity contribution in [3.8, 4) is 11.5 Å². The predicted molar refractivity (Wildman–Crippen MR) is 132 cm³/mol. The van der Waals surface area contributed by atoms with Crippen molar-refractivity contribution in [2.75, 3.05) is 13.7 Å². The van der Waals surface area contributed by atoms with Gasteiger partial charge in [0.2, 0.25) is 0 Å². The molecule has 1 aliphatic heterocycles. The van der Waals surface area contributed by atoms with Crippen LogP contribution in [-0.4, -0.2) is 40.4 Å². The summed E-state index contributed by atoms with van der Waals surface area (Å²) < 4.78 is 11.3. The second kappa shape index (κ2) is 10.4. The third-order valence-electron chi connectivity index (χ3n) is 5.73. The summed E-state index contributed by atoms with van der Waals surface area (Å²) >= 11 is 0. The Bertz CT molecular complexity index is 1250. The first-order chi connectivity index (χ1) is 16.9. The zero-order valence-corrected chi connectivity index (χ0v) is 20.0. The maximum Gasteiger partial charge on any atom is 0.295 e. The number of likely N-dealkylation sites (tertiary alicyclic amines) is 1. The number of ether oxygens (including phenoxy) is 2. The number of hydrogen-bond acceptors (Lipinski definition) is 6. The van der Waals surface area contributed by atoms with Crippen molar-refractivity contribution in [3.05, 3.63) is 95.3 Å². The molecule has 0 spiro atoms. The fraction of sp³-hybridized carbons (Fsp3) is 0.250. The molecule has 1 fully saturated rings. The number of para-hydroxylation sites is 1. The van der Waals surface area contributed by atoms with Gasteiger partial charge in [0, 0.05) is 18.9 Å². The summed E-state index contributed by atoms with van der Waals surface area (Å²) in [5.41, 5.74) is 1.77. The minimum absolute atomic E-state index is 0.00407. The Morgan fingerprint density at radius 2 is 1.89 bits per heavy atom. The summed E-state index contributed by atoms with van der Waals surface area (Å²) in [6.07, 6.45) is 3.30. The predicted octanol–water partition coefficient (Wildman–Crippen LogP) is 4.75. The Balaban J connectivity index is 1.85. The van der Waals surface area contributed by atoms with Gasteiger partial charge in [0.15, 0.2) is 0 Å². The van der Waals surface area contributed by atoms with Crippen molar-refractivity contribution < 1.29 is 24.2 Å². The van der Waals surface area contributed by atoms with Crippen LogP contribution < -0.4 is 9.47 Å². The summed E-state index contributed by atoms with van der Waals surface area (Å²) in [5, 5.41) is 11.3. The van der Waals surface area contributed by atoms with E-state index in [1.807, 2.05) is 30.3 Å². The molecule has 4 rings (SSSR count). The van der Waals surface area contributed by atoms with E-state index in [0.717, 1.165) is 5.56 Å². The summed E-state index contributed by atoms with van der Waals surface area (Å²) in [6.45, 7) is 4.79. The van der Waals surface area contributed by atoms with Crippen molar-refractivity contribution in [2.45, 2.75) is 26.4 Å². The number of aliphatic hydroxyl groups excluding tert-OH is 1. The molecule has 2 aromatic carbocycles. The van der Waals surface area contributed by atoms with Gasteiger partial charge in [0.25, 0.3) is 11.7 Å². The summed E-state index contributed by atoms with van der Waals surface area (Å²) in [6, 6.07) is 16.9. The van der Waals surface area contributed by atoms with Crippen molar-refractivity contribution in [1.29, 1.82) is 0 Å². The van der Waals surface area contributed by atoms with Gasteiger partial charge >= 0.3 is 0 Å². The van der Waals surface area contributed by atoms with Gasteiger partial charge < -0.3 is 19.5 Å². The van der Waals surface area contributed by atoms with Crippen LogP contribution in [0.25, 0.3) is 5.76 Å². The Kier molecular flexibility index (Phi) is 7.15. The van der Waals surface area contributed by atoms with Crippen LogP contribution in [0.3, 0.4) is 0 Å². The maximum atomic E-state index is 13.3. The lowest BCUT2D eigenvalue weighted by Crippen LogP contribution is -2.29. The fourth-order valence-corrected chi connectivity index (χ4v) is 4.10. The molecule has 0 saturated carbocycles. The number of benzene rings is 2. The van der Waals surface area contributed by atoms with E-state index < -0.39 is 17.7 Å². The monoisotopic (exact) mass is 472 g/mol. The molecule has 7 heteroatoms. The highest BCUT2D eigenvalue weighted by Gasteiger charge is 2.46. The number of aliphatic hydroxyl groups is 1. The molecule has 180 valence electrons. The third-order valence-corrected chi connectivity index (χ3v) is 5.73. The number of aromatic nitrogens is 1. The van der Waals surface area contributed by atoms with E-state index in [0.29, 0.717) is 35.2 Å². The van der Waals surface area contributed by atoms with Crippen LogP contribution in [0, 0.1) is 5.92 Å². The minimum atomic E-state index is -0.817. The molecule has 0 bridgehead atoms. The lowest BCUT2D eigenvalue weighted by atomic mass is 9.94.